The van der Waals surface area contributed by atoms with Crippen LogP contribution in [0.3, 0.4) is 0 Å². The van der Waals surface area contributed by atoms with Crippen LogP contribution in [0.25, 0.3) is 0 Å². The lowest BCUT2D eigenvalue weighted by molar-refractivity contribution is -0.146. The van der Waals surface area contributed by atoms with Crippen molar-refractivity contribution < 1.29 is 14.7 Å². The van der Waals surface area contributed by atoms with E-state index < -0.39 is 17.9 Å². The highest BCUT2D eigenvalue weighted by Crippen LogP contribution is 2.35. The third-order valence-corrected chi connectivity index (χ3v) is 5.81. The minimum absolute atomic E-state index is 0.0487. The molecular formula is C22H31N5O3. The van der Waals surface area contributed by atoms with E-state index in [-0.39, 0.29) is 12.5 Å². The number of aliphatic hydroxyl groups is 1. The number of rotatable bonds is 4. The van der Waals surface area contributed by atoms with Gasteiger partial charge in [-0.15, -0.1) is 0 Å². The van der Waals surface area contributed by atoms with Crippen LogP contribution in [0.1, 0.15) is 61.9 Å². The number of hydrogen-bond donors (Lipinski definition) is 2. The van der Waals surface area contributed by atoms with Crippen LogP contribution >= 0.6 is 0 Å². The summed E-state index contributed by atoms with van der Waals surface area (Å²) in [6.07, 6.45) is 3.42. The maximum absolute atomic E-state index is 12.4. The van der Waals surface area contributed by atoms with Crippen LogP contribution in [0, 0.1) is 11.3 Å². The normalized spacial score (nSPS) is 17.3. The molecule has 0 aromatic carbocycles. The van der Waals surface area contributed by atoms with Gasteiger partial charge in [-0.25, -0.2) is 4.98 Å². The zero-order valence-corrected chi connectivity index (χ0v) is 18.1. The second kappa shape index (κ2) is 9.43. The summed E-state index contributed by atoms with van der Waals surface area (Å²) in [6, 6.07) is 2.39. The molecule has 30 heavy (non-hydrogen) atoms. The van der Waals surface area contributed by atoms with Gasteiger partial charge in [-0.1, -0.05) is 13.8 Å². The summed E-state index contributed by atoms with van der Waals surface area (Å²) in [5.74, 6) is -0.288. The molecule has 1 aromatic heterocycles. The standard InChI is InChI=1S/C22H31N5O3/c1-14(2)19-17-7-5-4-6-16(17)18(12-23)20(25-19)26-8-10-27(11-9-26)22(30)21(29)24-13-15(3)28/h14-15,28H,4-11,13H2,1-3H3,(H,24,29)/t15-/m0/s1. The third-order valence-electron chi connectivity index (χ3n) is 5.81. The van der Waals surface area contributed by atoms with Gasteiger partial charge in [0, 0.05) is 38.4 Å². The Morgan fingerprint density at radius 2 is 1.77 bits per heavy atom. The van der Waals surface area contributed by atoms with E-state index in [0.29, 0.717) is 37.6 Å². The first kappa shape index (κ1) is 22.0. The maximum Gasteiger partial charge on any atom is 0.312 e. The first-order valence-corrected chi connectivity index (χ1v) is 10.8. The second-order valence-corrected chi connectivity index (χ2v) is 8.46. The van der Waals surface area contributed by atoms with Gasteiger partial charge in [-0.05, 0) is 49.7 Å². The number of carbonyl (C=O) groups is 2. The van der Waals surface area contributed by atoms with Gasteiger partial charge >= 0.3 is 11.8 Å². The van der Waals surface area contributed by atoms with Gasteiger partial charge in [0.2, 0.25) is 0 Å². The molecule has 1 aliphatic heterocycles. The molecule has 2 amide bonds. The van der Waals surface area contributed by atoms with Crippen molar-refractivity contribution in [2.75, 3.05) is 37.6 Å². The fourth-order valence-electron chi connectivity index (χ4n) is 4.24. The Morgan fingerprint density at radius 1 is 1.13 bits per heavy atom. The topological polar surface area (TPSA) is 110 Å². The minimum Gasteiger partial charge on any atom is -0.392 e. The monoisotopic (exact) mass is 413 g/mol. The first-order valence-electron chi connectivity index (χ1n) is 10.8. The van der Waals surface area contributed by atoms with E-state index in [1.54, 1.807) is 6.92 Å². The molecule has 8 nitrogen and oxygen atoms in total. The SMILES string of the molecule is CC(C)c1nc(N2CCN(C(=O)C(=O)NC[C@H](C)O)CC2)c(C#N)c2c1CCCC2. The number of pyridine rings is 1. The predicted octanol–water partition coefficient (Wildman–Crippen LogP) is 1.10. The summed E-state index contributed by atoms with van der Waals surface area (Å²) in [5, 5.41) is 21.6. The Hall–Kier alpha value is -2.66. The summed E-state index contributed by atoms with van der Waals surface area (Å²) in [4.78, 5) is 32.9. The number of nitriles is 1. The molecule has 1 atom stereocenters. The zero-order chi connectivity index (χ0) is 21.8. The Bertz CT molecular complexity index is 851. The van der Waals surface area contributed by atoms with Crippen LogP contribution in [0.4, 0.5) is 5.82 Å². The van der Waals surface area contributed by atoms with E-state index in [1.165, 1.54) is 10.5 Å². The number of aromatic nitrogens is 1. The Kier molecular flexibility index (Phi) is 6.93. The average Bonchev–Trinajstić information content (AvgIpc) is 2.75. The Morgan fingerprint density at radius 3 is 2.33 bits per heavy atom. The van der Waals surface area contributed by atoms with Gasteiger partial charge in [0.25, 0.3) is 0 Å². The summed E-state index contributed by atoms with van der Waals surface area (Å²) in [6.45, 7) is 7.69. The van der Waals surface area contributed by atoms with Crippen LogP contribution < -0.4 is 10.2 Å². The van der Waals surface area contributed by atoms with Crippen molar-refractivity contribution in [3.63, 3.8) is 0 Å². The van der Waals surface area contributed by atoms with Crippen molar-refractivity contribution in [1.82, 2.24) is 15.2 Å². The van der Waals surface area contributed by atoms with Crippen LogP contribution in [0.15, 0.2) is 0 Å². The van der Waals surface area contributed by atoms with E-state index in [4.69, 9.17) is 4.98 Å². The maximum atomic E-state index is 12.4. The van der Waals surface area contributed by atoms with Crippen LogP contribution in [0.2, 0.25) is 0 Å². The average molecular weight is 414 g/mol. The highest BCUT2D eigenvalue weighted by atomic mass is 16.3. The Labute approximate surface area is 177 Å². The fourth-order valence-corrected chi connectivity index (χ4v) is 4.24. The van der Waals surface area contributed by atoms with Crippen molar-refractivity contribution in [1.29, 1.82) is 5.26 Å². The van der Waals surface area contributed by atoms with Crippen molar-refractivity contribution in [2.24, 2.45) is 0 Å². The fraction of sp³-hybridized carbons (Fsp3) is 0.636. The number of nitrogens with zero attached hydrogens (tertiary/aromatic N) is 4. The molecular weight excluding hydrogens is 382 g/mol. The molecule has 0 bridgehead atoms. The molecule has 8 heteroatoms. The molecule has 2 heterocycles. The number of aliphatic hydroxyl groups excluding tert-OH is 1. The van der Waals surface area contributed by atoms with Crippen LogP contribution in [-0.2, 0) is 22.4 Å². The molecule has 1 fully saturated rings. The van der Waals surface area contributed by atoms with E-state index in [1.807, 2.05) is 0 Å². The lowest BCUT2D eigenvalue weighted by Gasteiger charge is -2.36. The van der Waals surface area contributed by atoms with Gasteiger partial charge in [-0.2, -0.15) is 5.26 Å². The molecule has 162 valence electrons. The predicted molar refractivity (Wildman–Crippen MR) is 113 cm³/mol. The highest BCUT2D eigenvalue weighted by molar-refractivity contribution is 6.35. The summed E-state index contributed by atoms with van der Waals surface area (Å²) < 4.78 is 0. The summed E-state index contributed by atoms with van der Waals surface area (Å²) in [7, 11) is 0. The van der Waals surface area contributed by atoms with Gasteiger partial charge in [-0.3, -0.25) is 9.59 Å². The van der Waals surface area contributed by atoms with E-state index >= 15 is 0 Å². The van der Waals surface area contributed by atoms with Gasteiger partial charge in [0.1, 0.15) is 11.9 Å². The van der Waals surface area contributed by atoms with Crippen molar-refractivity contribution >= 4 is 17.6 Å². The third kappa shape index (κ3) is 4.57. The molecule has 1 aliphatic carbocycles. The highest BCUT2D eigenvalue weighted by Gasteiger charge is 2.30. The molecule has 2 aliphatic rings. The first-order chi connectivity index (χ1) is 14.3. The number of anilines is 1. The number of hydrogen-bond acceptors (Lipinski definition) is 6. The quantitative estimate of drug-likeness (QED) is 0.716. The lowest BCUT2D eigenvalue weighted by Crippen LogP contribution is -2.53. The van der Waals surface area contributed by atoms with Gasteiger partial charge < -0.3 is 20.2 Å². The second-order valence-electron chi connectivity index (χ2n) is 8.46. The zero-order valence-electron chi connectivity index (χ0n) is 18.1. The molecule has 1 saturated heterocycles. The number of piperazine rings is 1. The number of carbonyl (C=O) groups excluding carboxylic acids is 2. The largest absolute Gasteiger partial charge is 0.392 e. The molecule has 0 saturated carbocycles. The molecule has 2 N–H and O–H groups in total. The molecule has 0 spiro atoms. The number of nitrogens with one attached hydrogen (secondary N) is 1. The van der Waals surface area contributed by atoms with Gasteiger partial charge in [0.15, 0.2) is 0 Å². The number of amides is 2. The lowest BCUT2D eigenvalue weighted by atomic mass is 9.85. The van der Waals surface area contributed by atoms with Gasteiger partial charge in [0.05, 0.1) is 11.7 Å². The summed E-state index contributed by atoms with van der Waals surface area (Å²) >= 11 is 0. The molecule has 3 rings (SSSR count). The number of fused-ring (bicyclic) bond motifs is 1. The van der Waals surface area contributed by atoms with E-state index in [0.717, 1.165) is 36.9 Å². The van der Waals surface area contributed by atoms with Crippen LogP contribution in [-0.4, -0.2) is 65.6 Å². The summed E-state index contributed by atoms with van der Waals surface area (Å²) in [5.41, 5.74) is 4.15. The molecule has 0 unspecified atom stereocenters. The molecule has 1 aromatic rings. The van der Waals surface area contributed by atoms with E-state index in [9.17, 15) is 20.0 Å². The van der Waals surface area contributed by atoms with Crippen LogP contribution in [0.5, 0.6) is 0 Å². The van der Waals surface area contributed by atoms with Crippen molar-refractivity contribution in [3.05, 3.63) is 22.4 Å². The Balaban J connectivity index is 1.77. The molecule has 0 radical (unpaired) electrons. The van der Waals surface area contributed by atoms with E-state index in [2.05, 4.69) is 30.1 Å². The minimum atomic E-state index is -0.701. The smallest absolute Gasteiger partial charge is 0.312 e. The van der Waals surface area contributed by atoms with Crippen molar-refractivity contribution in [2.45, 2.75) is 58.5 Å². The van der Waals surface area contributed by atoms with Crippen molar-refractivity contribution in [3.8, 4) is 6.07 Å².